The van der Waals surface area contributed by atoms with Gasteiger partial charge < -0.3 is 14.6 Å². The van der Waals surface area contributed by atoms with Crippen molar-refractivity contribution in [2.75, 3.05) is 13.1 Å². The molecule has 1 aromatic heterocycles. The zero-order chi connectivity index (χ0) is 21.0. The molecule has 1 fully saturated rings. The Morgan fingerprint density at radius 1 is 1.03 bits per heavy atom. The van der Waals surface area contributed by atoms with Crippen LogP contribution in [0.5, 0.6) is 0 Å². The van der Waals surface area contributed by atoms with Crippen LogP contribution < -0.4 is 0 Å². The van der Waals surface area contributed by atoms with E-state index in [0.717, 1.165) is 29.8 Å². The van der Waals surface area contributed by atoms with E-state index in [1.807, 2.05) is 77.2 Å². The smallest absolute Gasteiger partial charge is 0.223 e. The van der Waals surface area contributed by atoms with Crippen LogP contribution in [0.1, 0.15) is 36.2 Å². The Morgan fingerprint density at radius 2 is 1.60 bits per heavy atom. The van der Waals surface area contributed by atoms with Crippen LogP contribution in [0.4, 0.5) is 0 Å². The van der Waals surface area contributed by atoms with Crippen LogP contribution >= 0.6 is 0 Å². The monoisotopic (exact) mass is 404 g/mol. The zero-order valence-electron chi connectivity index (χ0n) is 17.3. The summed E-state index contributed by atoms with van der Waals surface area (Å²) < 4.78 is 1.85. The minimum atomic E-state index is -1.06. The lowest BCUT2D eigenvalue weighted by Gasteiger charge is -2.42. The maximum Gasteiger partial charge on any atom is 0.223 e. The van der Waals surface area contributed by atoms with E-state index in [1.54, 1.807) is 6.33 Å². The molecule has 4 rings (SSSR count). The quantitative estimate of drug-likeness (QED) is 0.686. The molecule has 0 radical (unpaired) electrons. The fraction of sp³-hybridized carbons (Fsp3) is 0.375. The highest BCUT2D eigenvalue weighted by molar-refractivity contribution is 5.76. The molecule has 0 unspecified atom stereocenters. The lowest BCUT2D eigenvalue weighted by Crippen LogP contribution is -2.46. The summed E-state index contributed by atoms with van der Waals surface area (Å²) in [6, 6.07) is 19.8. The first-order chi connectivity index (χ1) is 14.6. The van der Waals surface area contributed by atoms with Gasteiger partial charge in [-0.25, -0.2) is 0 Å². The van der Waals surface area contributed by atoms with Gasteiger partial charge in [0.05, 0.1) is 0 Å². The van der Waals surface area contributed by atoms with Gasteiger partial charge >= 0.3 is 0 Å². The van der Waals surface area contributed by atoms with Crippen LogP contribution in [0.15, 0.2) is 67.0 Å². The number of likely N-dealkylation sites (tertiary alicyclic amines) is 1. The van der Waals surface area contributed by atoms with E-state index in [1.165, 1.54) is 0 Å². The summed E-state index contributed by atoms with van der Waals surface area (Å²) in [6.07, 6.45) is 4.19. The topological polar surface area (TPSA) is 71.2 Å². The average Bonchev–Trinajstić information content (AvgIpc) is 3.23. The molecule has 3 aromatic rings. The molecule has 1 aliphatic heterocycles. The number of aliphatic hydroxyl groups is 1. The third kappa shape index (κ3) is 4.00. The van der Waals surface area contributed by atoms with Crippen molar-refractivity contribution >= 4 is 5.91 Å². The summed E-state index contributed by atoms with van der Waals surface area (Å²) in [5.74, 6) is 1.00. The van der Waals surface area contributed by atoms with Crippen LogP contribution in [0, 0.1) is 5.92 Å². The van der Waals surface area contributed by atoms with E-state index in [0.29, 0.717) is 25.9 Å². The number of hydrogen-bond acceptors (Lipinski definition) is 4. The van der Waals surface area contributed by atoms with Gasteiger partial charge in [0, 0.05) is 33.0 Å². The Labute approximate surface area is 177 Å². The number of aromatic nitrogens is 3. The van der Waals surface area contributed by atoms with Crippen molar-refractivity contribution < 1.29 is 9.90 Å². The van der Waals surface area contributed by atoms with Crippen LogP contribution in [-0.2, 0) is 23.9 Å². The molecule has 1 amide bonds. The van der Waals surface area contributed by atoms with Gasteiger partial charge in [0.15, 0.2) is 0 Å². The van der Waals surface area contributed by atoms with Crippen molar-refractivity contribution in [1.29, 1.82) is 0 Å². The first-order valence-corrected chi connectivity index (χ1v) is 10.5. The van der Waals surface area contributed by atoms with Crippen molar-refractivity contribution in [2.45, 2.75) is 31.3 Å². The second-order valence-electron chi connectivity index (χ2n) is 8.01. The molecule has 0 saturated carbocycles. The fourth-order valence-electron chi connectivity index (χ4n) is 4.48. The molecule has 1 saturated heterocycles. The number of benzene rings is 2. The second kappa shape index (κ2) is 8.79. The lowest BCUT2D eigenvalue weighted by atomic mass is 9.72. The van der Waals surface area contributed by atoms with Gasteiger partial charge in [0.25, 0.3) is 0 Å². The number of amides is 1. The largest absolute Gasteiger partial charge is 0.380 e. The van der Waals surface area contributed by atoms with Crippen LogP contribution in [0.2, 0.25) is 0 Å². The van der Waals surface area contributed by atoms with Crippen LogP contribution in [0.25, 0.3) is 0 Å². The number of aryl methyl sites for hydroxylation is 2. The summed E-state index contributed by atoms with van der Waals surface area (Å²) in [5, 5.41) is 19.9. The van der Waals surface area contributed by atoms with Crippen molar-refractivity contribution in [1.82, 2.24) is 19.7 Å². The minimum absolute atomic E-state index is 0.0464. The third-order valence-electron chi connectivity index (χ3n) is 6.23. The Hall–Kier alpha value is -2.99. The van der Waals surface area contributed by atoms with Crippen molar-refractivity contribution in [3.63, 3.8) is 0 Å². The Bertz CT molecular complexity index is 924. The molecular weight excluding hydrogens is 376 g/mol. The fourth-order valence-corrected chi connectivity index (χ4v) is 4.48. The third-order valence-corrected chi connectivity index (χ3v) is 6.23. The minimum Gasteiger partial charge on any atom is -0.380 e. The van der Waals surface area contributed by atoms with Gasteiger partial charge in [0.1, 0.15) is 17.8 Å². The molecule has 1 N–H and O–H groups in total. The molecule has 6 heteroatoms. The SMILES string of the molecule is Cn1cnnc1CCC(=O)N1CCC(C(O)(c2ccccc2)c2ccccc2)CC1. The van der Waals surface area contributed by atoms with E-state index >= 15 is 0 Å². The number of hydrogen-bond donors (Lipinski definition) is 1. The van der Waals surface area contributed by atoms with E-state index in [4.69, 9.17) is 0 Å². The zero-order valence-corrected chi connectivity index (χ0v) is 17.3. The molecule has 2 aromatic carbocycles. The molecule has 0 aliphatic carbocycles. The summed E-state index contributed by atoms with van der Waals surface area (Å²) in [4.78, 5) is 14.6. The molecule has 156 valence electrons. The normalized spacial score (nSPS) is 15.3. The van der Waals surface area contributed by atoms with Gasteiger partial charge in [-0.05, 0) is 29.9 Å². The molecule has 2 heterocycles. The van der Waals surface area contributed by atoms with Crippen molar-refractivity contribution in [2.24, 2.45) is 13.0 Å². The summed E-state index contributed by atoms with van der Waals surface area (Å²) in [7, 11) is 1.89. The summed E-state index contributed by atoms with van der Waals surface area (Å²) in [6.45, 7) is 1.31. The van der Waals surface area contributed by atoms with E-state index in [9.17, 15) is 9.90 Å². The van der Waals surface area contributed by atoms with Gasteiger partial charge in [0.2, 0.25) is 5.91 Å². The number of piperidine rings is 1. The van der Waals surface area contributed by atoms with Crippen LogP contribution in [0.3, 0.4) is 0 Å². The highest BCUT2D eigenvalue weighted by Crippen LogP contribution is 2.41. The maximum atomic E-state index is 12.7. The van der Waals surface area contributed by atoms with E-state index < -0.39 is 5.60 Å². The van der Waals surface area contributed by atoms with E-state index in [2.05, 4.69) is 10.2 Å². The lowest BCUT2D eigenvalue weighted by molar-refractivity contribution is -0.134. The predicted molar refractivity (Wildman–Crippen MR) is 115 cm³/mol. The highest BCUT2D eigenvalue weighted by Gasteiger charge is 2.41. The van der Waals surface area contributed by atoms with Crippen LogP contribution in [-0.4, -0.2) is 43.8 Å². The first-order valence-electron chi connectivity index (χ1n) is 10.5. The highest BCUT2D eigenvalue weighted by atomic mass is 16.3. The first kappa shape index (κ1) is 20.3. The Balaban J connectivity index is 1.45. The number of carbonyl (C=O) groups is 1. The number of carbonyl (C=O) groups excluding carboxylic acids is 1. The average molecular weight is 405 g/mol. The molecule has 0 bridgehead atoms. The van der Waals surface area contributed by atoms with Crippen molar-refractivity contribution in [3.05, 3.63) is 83.9 Å². The molecule has 0 spiro atoms. The molecule has 6 nitrogen and oxygen atoms in total. The molecule has 30 heavy (non-hydrogen) atoms. The number of nitrogens with zero attached hydrogens (tertiary/aromatic N) is 4. The maximum absolute atomic E-state index is 12.7. The van der Waals surface area contributed by atoms with E-state index in [-0.39, 0.29) is 11.8 Å². The predicted octanol–water partition coefficient (Wildman–Crippen LogP) is 2.92. The summed E-state index contributed by atoms with van der Waals surface area (Å²) in [5.41, 5.74) is 0.752. The second-order valence-corrected chi connectivity index (χ2v) is 8.01. The van der Waals surface area contributed by atoms with Gasteiger partial charge in [-0.2, -0.15) is 0 Å². The van der Waals surface area contributed by atoms with Gasteiger partial charge in [-0.15, -0.1) is 10.2 Å². The van der Waals surface area contributed by atoms with Crippen molar-refractivity contribution in [3.8, 4) is 0 Å². The Kier molecular flexibility index (Phi) is 5.95. The molecule has 0 atom stereocenters. The standard InChI is InChI=1S/C24H28N4O2/c1-27-18-25-26-22(27)12-13-23(29)28-16-14-21(15-17-28)24(30,19-8-4-2-5-9-19)20-10-6-3-7-11-20/h2-11,18,21,30H,12-17H2,1H3. The Morgan fingerprint density at radius 3 is 2.10 bits per heavy atom. The number of rotatable bonds is 6. The van der Waals surface area contributed by atoms with Gasteiger partial charge in [-0.3, -0.25) is 4.79 Å². The van der Waals surface area contributed by atoms with Gasteiger partial charge in [-0.1, -0.05) is 60.7 Å². The summed E-state index contributed by atoms with van der Waals surface area (Å²) >= 11 is 0. The molecule has 1 aliphatic rings. The molecular formula is C24H28N4O2.